The van der Waals surface area contributed by atoms with Gasteiger partial charge < -0.3 is 14.5 Å². The first kappa shape index (κ1) is 10.3. The summed E-state index contributed by atoms with van der Waals surface area (Å²) in [5, 5.41) is 3.38. The van der Waals surface area contributed by atoms with Crippen LogP contribution in [-0.2, 0) is 11.3 Å². The molecule has 1 rings (SSSR count). The van der Waals surface area contributed by atoms with Crippen molar-refractivity contribution in [1.29, 1.82) is 0 Å². The molecule has 1 aromatic rings. The predicted molar refractivity (Wildman–Crippen MR) is 51.5 cm³/mol. The summed E-state index contributed by atoms with van der Waals surface area (Å²) >= 11 is 0. The van der Waals surface area contributed by atoms with Gasteiger partial charge in [0, 0.05) is 24.8 Å². The Morgan fingerprint density at radius 1 is 1.54 bits per heavy atom. The highest BCUT2D eigenvalue weighted by molar-refractivity contribution is 5.05. The van der Waals surface area contributed by atoms with Crippen molar-refractivity contribution in [2.75, 3.05) is 13.7 Å². The van der Waals surface area contributed by atoms with E-state index in [1.54, 1.807) is 19.6 Å². The molecule has 74 valence electrons. The minimum Gasteiger partial charge on any atom is -0.472 e. The highest BCUT2D eigenvalue weighted by Gasteiger charge is 2.16. The summed E-state index contributed by atoms with van der Waals surface area (Å²) < 4.78 is 10.1. The second-order valence-electron chi connectivity index (χ2n) is 3.80. The zero-order valence-electron chi connectivity index (χ0n) is 8.46. The molecule has 3 nitrogen and oxygen atoms in total. The van der Waals surface area contributed by atoms with Crippen LogP contribution < -0.4 is 5.32 Å². The summed E-state index contributed by atoms with van der Waals surface area (Å²) in [4.78, 5) is 0. The number of hydrogen-bond donors (Lipinski definition) is 1. The van der Waals surface area contributed by atoms with Gasteiger partial charge in [-0.2, -0.15) is 0 Å². The Hall–Kier alpha value is -0.800. The van der Waals surface area contributed by atoms with E-state index in [9.17, 15) is 0 Å². The van der Waals surface area contributed by atoms with Gasteiger partial charge in [-0.25, -0.2) is 0 Å². The molecule has 0 aromatic carbocycles. The molecule has 3 heteroatoms. The summed E-state index contributed by atoms with van der Waals surface area (Å²) in [6.07, 6.45) is 3.43. The number of furan rings is 1. The maximum Gasteiger partial charge on any atom is 0.0947 e. The standard InChI is InChI=1S/C10H17NO2/c1-10(2,8-12-3)11-6-9-4-5-13-7-9/h4-5,7,11H,6,8H2,1-3H3. The zero-order valence-corrected chi connectivity index (χ0v) is 8.46. The lowest BCUT2D eigenvalue weighted by atomic mass is 10.1. The minimum absolute atomic E-state index is 0.00597. The molecule has 0 spiro atoms. The van der Waals surface area contributed by atoms with Gasteiger partial charge in [0.2, 0.25) is 0 Å². The molecule has 0 bridgehead atoms. The first-order chi connectivity index (χ1) is 6.14. The lowest BCUT2D eigenvalue weighted by molar-refractivity contribution is 0.127. The summed E-state index contributed by atoms with van der Waals surface area (Å²) in [5.74, 6) is 0. The van der Waals surface area contributed by atoms with Crippen LogP contribution in [0.3, 0.4) is 0 Å². The minimum atomic E-state index is 0.00597. The van der Waals surface area contributed by atoms with Gasteiger partial charge in [-0.3, -0.25) is 0 Å². The summed E-state index contributed by atoms with van der Waals surface area (Å²) in [6, 6.07) is 1.95. The molecule has 0 saturated heterocycles. The van der Waals surface area contributed by atoms with Crippen molar-refractivity contribution >= 4 is 0 Å². The molecule has 0 fully saturated rings. The third-order valence-electron chi connectivity index (χ3n) is 1.86. The lowest BCUT2D eigenvalue weighted by Crippen LogP contribution is -2.42. The van der Waals surface area contributed by atoms with Crippen LogP contribution in [0.2, 0.25) is 0 Å². The fourth-order valence-corrected chi connectivity index (χ4v) is 1.15. The first-order valence-corrected chi connectivity index (χ1v) is 4.39. The quantitative estimate of drug-likeness (QED) is 0.755. The van der Waals surface area contributed by atoms with Crippen molar-refractivity contribution in [2.45, 2.75) is 25.9 Å². The molecular weight excluding hydrogens is 166 g/mol. The predicted octanol–water partition coefficient (Wildman–Crippen LogP) is 1.79. The molecular formula is C10H17NO2. The van der Waals surface area contributed by atoms with E-state index >= 15 is 0 Å². The summed E-state index contributed by atoms with van der Waals surface area (Å²) in [7, 11) is 1.71. The maximum atomic E-state index is 5.09. The van der Waals surface area contributed by atoms with Crippen LogP contribution in [0, 0.1) is 0 Å². The average Bonchev–Trinajstić information content (AvgIpc) is 2.52. The molecule has 0 unspecified atom stereocenters. The molecule has 0 aliphatic rings. The highest BCUT2D eigenvalue weighted by Crippen LogP contribution is 2.05. The van der Waals surface area contributed by atoms with Crippen molar-refractivity contribution in [1.82, 2.24) is 5.32 Å². The molecule has 1 aromatic heterocycles. The van der Waals surface area contributed by atoms with Crippen molar-refractivity contribution in [3.8, 4) is 0 Å². The van der Waals surface area contributed by atoms with E-state index in [-0.39, 0.29) is 5.54 Å². The molecule has 0 radical (unpaired) electrons. The van der Waals surface area contributed by atoms with Crippen molar-refractivity contribution in [3.05, 3.63) is 24.2 Å². The van der Waals surface area contributed by atoms with Gasteiger partial charge >= 0.3 is 0 Å². The van der Waals surface area contributed by atoms with Gasteiger partial charge in [-0.05, 0) is 19.9 Å². The highest BCUT2D eigenvalue weighted by atomic mass is 16.5. The van der Waals surface area contributed by atoms with Gasteiger partial charge in [-0.1, -0.05) is 0 Å². The van der Waals surface area contributed by atoms with E-state index < -0.39 is 0 Å². The zero-order chi connectivity index (χ0) is 9.73. The molecule has 0 saturated carbocycles. The van der Waals surface area contributed by atoms with E-state index in [1.807, 2.05) is 6.07 Å². The van der Waals surface area contributed by atoms with Crippen LogP contribution in [-0.4, -0.2) is 19.3 Å². The number of hydrogen-bond acceptors (Lipinski definition) is 3. The second kappa shape index (κ2) is 4.44. The third kappa shape index (κ3) is 3.61. The van der Waals surface area contributed by atoms with E-state index in [2.05, 4.69) is 19.2 Å². The number of rotatable bonds is 5. The van der Waals surface area contributed by atoms with Crippen LogP contribution in [0.4, 0.5) is 0 Å². The molecule has 0 aliphatic heterocycles. The Morgan fingerprint density at radius 2 is 2.31 bits per heavy atom. The summed E-state index contributed by atoms with van der Waals surface area (Å²) in [6.45, 7) is 5.73. The van der Waals surface area contributed by atoms with Gasteiger partial charge in [0.1, 0.15) is 0 Å². The van der Waals surface area contributed by atoms with Crippen molar-refractivity contribution in [2.24, 2.45) is 0 Å². The van der Waals surface area contributed by atoms with E-state index in [0.717, 1.165) is 12.1 Å². The van der Waals surface area contributed by atoms with Gasteiger partial charge in [0.05, 0.1) is 19.1 Å². The van der Waals surface area contributed by atoms with Gasteiger partial charge in [0.15, 0.2) is 0 Å². The normalized spacial score (nSPS) is 11.9. The third-order valence-corrected chi connectivity index (χ3v) is 1.86. The monoisotopic (exact) mass is 183 g/mol. The van der Waals surface area contributed by atoms with Crippen LogP contribution in [0.5, 0.6) is 0 Å². The second-order valence-corrected chi connectivity index (χ2v) is 3.80. The molecule has 1 heterocycles. The largest absolute Gasteiger partial charge is 0.472 e. The molecule has 0 aliphatic carbocycles. The smallest absolute Gasteiger partial charge is 0.0947 e. The average molecular weight is 183 g/mol. The molecule has 0 atom stereocenters. The molecule has 1 N–H and O–H groups in total. The van der Waals surface area contributed by atoms with Crippen LogP contribution in [0.15, 0.2) is 23.0 Å². The van der Waals surface area contributed by atoms with Crippen LogP contribution >= 0.6 is 0 Å². The van der Waals surface area contributed by atoms with E-state index in [1.165, 1.54) is 0 Å². The first-order valence-electron chi connectivity index (χ1n) is 4.39. The Balaban J connectivity index is 2.33. The van der Waals surface area contributed by atoms with E-state index in [4.69, 9.17) is 9.15 Å². The van der Waals surface area contributed by atoms with Gasteiger partial charge in [0.25, 0.3) is 0 Å². The van der Waals surface area contributed by atoms with Crippen LogP contribution in [0.1, 0.15) is 19.4 Å². The molecule has 13 heavy (non-hydrogen) atoms. The Morgan fingerprint density at radius 3 is 2.85 bits per heavy atom. The van der Waals surface area contributed by atoms with Crippen molar-refractivity contribution < 1.29 is 9.15 Å². The number of methoxy groups -OCH3 is 1. The molecule has 0 amide bonds. The van der Waals surface area contributed by atoms with Crippen LogP contribution in [0.25, 0.3) is 0 Å². The fourth-order valence-electron chi connectivity index (χ4n) is 1.15. The maximum absolute atomic E-state index is 5.09. The lowest BCUT2D eigenvalue weighted by Gasteiger charge is -2.24. The Bertz CT molecular complexity index is 229. The summed E-state index contributed by atoms with van der Waals surface area (Å²) in [5.41, 5.74) is 1.16. The fraction of sp³-hybridized carbons (Fsp3) is 0.600. The number of nitrogens with one attached hydrogen (secondary N) is 1. The SMILES string of the molecule is COCC(C)(C)NCc1ccoc1. The van der Waals surface area contributed by atoms with E-state index in [0.29, 0.717) is 6.61 Å². The number of ether oxygens (including phenoxy) is 1. The Labute approximate surface area is 79.1 Å². The Kier molecular flexibility index (Phi) is 3.51. The van der Waals surface area contributed by atoms with Gasteiger partial charge in [-0.15, -0.1) is 0 Å². The van der Waals surface area contributed by atoms with Crippen molar-refractivity contribution in [3.63, 3.8) is 0 Å². The topological polar surface area (TPSA) is 34.4 Å².